The molecule has 0 aliphatic heterocycles. The number of alkyl halides is 3. The average Bonchev–Trinajstić information content (AvgIpc) is 3.23. The van der Waals surface area contributed by atoms with E-state index in [1.165, 1.54) is 6.07 Å². The minimum absolute atomic E-state index is 0.222. The lowest BCUT2D eigenvalue weighted by atomic mass is 9.95. The van der Waals surface area contributed by atoms with Gasteiger partial charge in [-0.1, -0.05) is 12.1 Å². The normalized spacial score (nSPS) is 17.6. The van der Waals surface area contributed by atoms with Gasteiger partial charge in [-0.15, -0.1) is 0 Å². The van der Waals surface area contributed by atoms with E-state index in [2.05, 4.69) is 5.32 Å². The van der Waals surface area contributed by atoms with Crippen LogP contribution in [-0.2, 0) is 6.18 Å². The maximum atomic E-state index is 13.3. The Kier molecular flexibility index (Phi) is 4.37. The molecule has 2 rings (SSSR count). The predicted molar refractivity (Wildman–Crippen MR) is 77.0 cm³/mol. The highest BCUT2D eigenvalue weighted by molar-refractivity contribution is 6.08. The summed E-state index contributed by atoms with van der Waals surface area (Å²) in [6, 6.07) is 4.05. The van der Waals surface area contributed by atoms with Crippen molar-refractivity contribution in [1.82, 2.24) is 5.32 Å². The minimum atomic E-state index is -4.44. The average molecular weight is 297 g/mol. The van der Waals surface area contributed by atoms with Crippen LogP contribution in [0.4, 0.5) is 13.2 Å². The molecule has 6 heteroatoms. The third-order valence-corrected chi connectivity index (χ3v) is 3.56. The number of benzene rings is 1. The molecule has 1 saturated carbocycles. The number of allylic oxidation sites excluding steroid dienone is 1. The van der Waals surface area contributed by atoms with Gasteiger partial charge in [0.25, 0.3) is 0 Å². The van der Waals surface area contributed by atoms with E-state index in [9.17, 15) is 13.2 Å². The molecule has 114 valence electrons. The van der Waals surface area contributed by atoms with Gasteiger partial charge < -0.3 is 16.5 Å². The zero-order valence-corrected chi connectivity index (χ0v) is 11.7. The fourth-order valence-corrected chi connectivity index (χ4v) is 2.28. The van der Waals surface area contributed by atoms with Crippen LogP contribution in [0.3, 0.4) is 0 Å². The van der Waals surface area contributed by atoms with Crippen LogP contribution in [-0.4, -0.2) is 12.3 Å². The Balaban J connectivity index is 2.42. The highest BCUT2D eigenvalue weighted by atomic mass is 19.4. The van der Waals surface area contributed by atoms with Crippen LogP contribution in [0.2, 0.25) is 0 Å². The third-order valence-electron chi connectivity index (χ3n) is 3.56. The molecule has 0 bridgehead atoms. The number of rotatable bonds is 5. The quantitative estimate of drug-likeness (QED) is 0.729. The number of hydrogen-bond acceptors (Lipinski definition) is 3. The van der Waals surface area contributed by atoms with Gasteiger partial charge in [0.15, 0.2) is 0 Å². The van der Waals surface area contributed by atoms with E-state index in [0.29, 0.717) is 11.6 Å². The van der Waals surface area contributed by atoms with Crippen LogP contribution < -0.4 is 11.1 Å². The summed E-state index contributed by atoms with van der Waals surface area (Å²) in [5.41, 5.74) is 5.44. The Morgan fingerprint density at radius 1 is 1.43 bits per heavy atom. The van der Waals surface area contributed by atoms with Crippen molar-refractivity contribution in [3.8, 4) is 0 Å². The summed E-state index contributed by atoms with van der Waals surface area (Å²) < 4.78 is 39.8. The van der Waals surface area contributed by atoms with E-state index in [-0.39, 0.29) is 17.2 Å². The van der Waals surface area contributed by atoms with Crippen molar-refractivity contribution in [2.45, 2.75) is 38.0 Å². The van der Waals surface area contributed by atoms with Gasteiger partial charge >= 0.3 is 6.18 Å². The molecule has 1 aromatic carbocycles. The Morgan fingerprint density at radius 3 is 2.57 bits per heavy atom. The third kappa shape index (κ3) is 3.64. The van der Waals surface area contributed by atoms with Crippen molar-refractivity contribution in [1.29, 1.82) is 5.41 Å². The first-order chi connectivity index (χ1) is 9.86. The largest absolute Gasteiger partial charge is 0.416 e. The lowest BCUT2D eigenvalue weighted by molar-refractivity contribution is -0.138. The van der Waals surface area contributed by atoms with Gasteiger partial charge in [-0.3, -0.25) is 0 Å². The molecule has 1 aromatic rings. The van der Waals surface area contributed by atoms with Gasteiger partial charge in [0.1, 0.15) is 0 Å². The Morgan fingerprint density at radius 2 is 2.10 bits per heavy atom. The van der Waals surface area contributed by atoms with E-state index >= 15 is 0 Å². The number of halogens is 3. The zero-order chi connectivity index (χ0) is 15.6. The molecule has 0 aromatic heterocycles. The van der Waals surface area contributed by atoms with Crippen molar-refractivity contribution in [3.05, 3.63) is 41.1 Å². The molecule has 3 nitrogen and oxygen atoms in total. The Hall–Kier alpha value is -1.82. The first-order valence-corrected chi connectivity index (χ1v) is 6.76. The number of hydrogen-bond donors (Lipinski definition) is 3. The van der Waals surface area contributed by atoms with Crippen molar-refractivity contribution in [2.75, 3.05) is 0 Å². The molecule has 0 amide bonds. The monoisotopic (exact) mass is 297 g/mol. The van der Waals surface area contributed by atoms with Crippen LogP contribution in [0, 0.1) is 5.41 Å². The van der Waals surface area contributed by atoms with Crippen LogP contribution >= 0.6 is 0 Å². The summed E-state index contributed by atoms with van der Waals surface area (Å²) in [4.78, 5) is 0. The van der Waals surface area contributed by atoms with E-state index in [1.54, 1.807) is 13.0 Å². The fourth-order valence-electron chi connectivity index (χ4n) is 2.28. The molecule has 0 saturated heterocycles. The Bertz CT molecular complexity index is 560. The molecule has 1 aliphatic carbocycles. The Labute approximate surface area is 121 Å². The van der Waals surface area contributed by atoms with Gasteiger partial charge in [0, 0.05) is 30.1 Å². The lowest BCUT2D eigenvalue weighted by Crippen LogP contribution is -2.24. The van der Waals surface area contributed by atoms with E-state index < -0.39 is 11.7 Å². The highest BCUT2D eigenvalue weighted by Gasteiger charge is 2.35. The maximum Gasteiger partial charge on any atom is 0.416 e. The SMILES string of the molecule is CC(NC1CC1)c1ccc(/C(C=N)=C/N)cc1C(F)(F)F. The van der Waals surface area contributed by atoms with E-state index in [4.69, 9.17) is 11.1 Å². The molecule has 1 fully saturated rings. The minimum Gasteiger partial charge on any atom is -0.404 e. The van der Waals surface area contributed by atoms with Crippen LogP contribution in [0.5, 0.6) is 0 Å². The standard InChI is InChI=1S/C15H18F3N3/c1-9(21-12-3-4-12)13-5-2-10(11(7-19)8-20)6-14(13)15(16,17)18/h2,5-9,12,19,21H,3-4,20H2,1H3/b11-8+,19-7?. The fraction of sp³-hybridized carbons (Fsp3) is 0.400. The second kappa shape index (κ2) is 5.89. The summed E-state index contributed by atoms with van der Waals surface area (Å²) in [5.74, 6) is 0. The molecular weight excluding hydrogens is 279 g/mol. The van der Waals surface area contributed by atoms with Crippen LogP contribution in [0.1, 0.15) is 42.5 Å². The molecule has 21 heavy (non-hydrogen) atoms. The topological polar surface area (TPSA) is 61.9 Å². The predicted octanol–water partition coefficient (Wildman–Crippen LogP) is 3.47. The summed E-state index contributed by atoms with van der Waals surface area (Å²) in [5, 5.41) is 10.4. The molecule has 0 heterocycles. The molecule has 4 N–H and O–H groups in total. The summed E-state index contributed by atoms with van der Waals surface area (Å²) in [7, 11) is 0. The molecule has 1 unspecified atom stereocenters. The van der Waals surface area contributed by atoms with E-state index in [1.807, 2.05) is 0 Å². The molecule has 1 aliphatic rings. The molecule has 0 radical (unpaired) electrons. The first-order valence-electron chi connectivity index (χ1n) is 6.76. The summed E-state index contributed by atoms with van der Waals surface area (Å²) >= 11 is 0. The van der Waals surface area contributed by atoms with Crippen molar-refractivity contribution in [2.24, 2.45) is 5.73 Å². The van der Waals surface area contributed by atoms with Gasteiger partial charge in [0.2, 0.25) is 0 Å². The van der Waals surface area contributed by atoms with Crippen molar-refractivity contribution in [3.63, 3.8) is 0 Å². The number of nitrogens with two attached hydrogens (primary N) is 1. The lowest BCUT2D eigenvalue weighted by Gasteiger charge is -2.20. The smallest absolute Gasteiger partial charge is 0.404 e. The van der Waals surface area contributed by atoms with Crippen molar-refractivity contribution >= 4 is 11.8 Å². The van der Waals surface area contributed by atoms with Gasteiger partial charge in [0.05, 0.1) is 5.56 Å². The second-order valence-corrected chi connectivity index (χ2v) is 5.23. The van der Waals surface area contributed by atoms with Gasteiger partial charge in [-0.05, 0) is 37.0 Å². The maximum absolute atomic E-state index is 13.3. The van der Waals surface area contributed by atoms with Gasteiger partial charge in [-0.2, -0.15) is 13.2 Å². The van der Waals surface area contributed by atoms with Crippen molar-refractivity contribution < 1.29 is 13.2 Å². The van der Waals surface area contributed by atoms with E-state index in [0.717, 1.165) is 31.3 Å². The second-order valence-electron chi connectivity index (χ2n) is 5.23. The number of nitrogens with one attached hydrogen (secondary N) is 2. The highest BCUT2D eigenvalue weighted by Crippen LogP contribution is 2.37. The van der Waals surface area contributed by atoms with Crippen LogP contribution in [0.25, 0.3) is 5.57 Å². The molecule has 1 atom stereocenters. The zero-order valence-electron chi connectivity index (χ0n) is 11.7. The molecule has 0 spiro atoms. The first kappa shape index (κ1) is 15.6. The van der Waals surface area contributed by atoms with Crippen LogP contribution in [0.15, 0.2) is 24.4 Å². The van der Waals surface area contributed by atoms with Gasteiger partial charge in [-0.25, -0.2) is 0 Å². The summed E-state index contributed by atoms with van der Waals surface area (Å²) in [6.45, 7) is 1.73. The summed E-state index contributed by atoms with van der Waals surface area (Å²) in [6.07, 6.45) is -0.336. The molecular formula is C15H18F3N3.